The molecule has 160 valence electrons. The fourth-order valence-electron chi connectivity index (χ4n) is 2.58. The van der Waals surface area contributed by atoms with Crippen LogP contribution in [0.4, 0.5) is 5.69 Å². The van der Waals surface area contributed by atoms with Crippen LogP contribution >= 0.6 is 15.9 Å². The Balaban J connectivity index is 1.84. The van der Waals surface area contributed by atoms with Gasteiger partial charge in [-0.05, 0) is 55.7 Å². The second kappa shape index (κ2) is 11.3. The molecule has 0 aromatic heterocycles. The summed E-state index contributed by atoms with van der Waals surface area (Å²) in [4.78, 5) is 36.6. The summed E-state index contributed by atoms with van der Waals surface area (Å²) >= 11 is 3.32. The Labute approximate surface area is 184 Å². The summed E-state index contributed by atoms with van der Waals surface area (Å²) in [5, 5.41) is 2.80. The minimum Gasteiger partial charge on any atom is -0.493 e. The quantitative estimate of drug-likeness (QED) is 0.502. The van der Waals surface area contributed by atoms with Crippen molar-refractivity contribution in [1.29, 1.82) is 0 Å². The summed E-state index contributed by atoms with van der Waals surface area (Å²) < 4.78 is 6.29. The van der Waals surface area contributed by atoms with Crippen molar-refractivity contribution < 1.29 is 19.1 Å². The second-order valence-electron chi connectivity index (χ2n) is 6.86. The van der Waals surface area contributed by atoms with Gasteiger partial charge in [0.25, 0.3) is 5.91 Å². The molecule has 3 N–H and O–H groups in total. The Morgan fingerprint density at radius 1 is 0.967 bits per heavy atom. The summed E-state index contributed by atoms with van der Waals surface area (Å²) in [6.45, 7) is 6.28. The molecule has 0 heterocycles. The van der Waals surface area contributed by atoms with E-state index in [1.54, 1.807) is 18.2 Å². The Kier molecular flexibility index (Phi) is 8.86. The maximum atomic E-state index is 12.4. The van der Waals surface area contributed by atoms with Crippen molar-refractivity contribution in [2.24, 2.45) is 0 Å². The van der Waals surface area contributed by atoms with E-state index in [4.69, 9.17) is 4.74 Å². The summed E-state index contributed by atoms with van der Waals surface area (Å²) in [6, 6.07) is 10.8. The predicted octanol–water partition coefficient (Wildman–Crippen LogP) is 4.03. The summed E-state index contributed by atoms with van der Waals surface area (Å²) in [7, 11) is 0. The lowest BCUT2D eigenvalue weighted by Gasteiger charge is -2.12. The Bertz CT molecular complexity index is 931. The van der Waals surface area contributed by atoms with Crippen LogP contribution in [0, 0.1) is 13.8 Å². The predicted molar refractivity (Wildman–Crippen MR) is 119 cm³/mol. The highest BCUT2D eigenvalue weighted by Crippen LogP contribution is 2.23. The molecule has 3 amide bonds. The van der Waals surface area contributed by atoms with Gasteiger partial charge in [-0.25, -0.2) is 0 Å². The molecule has 0 aliphatic heterocycles. The van der Waals surface area contributed by atoms with Gasteiger partial charge in [-0.15, -0.1) is 0 Å². The molecular weight excluding hydrogens is 450 g/mol. The molecule has 2 aromatic rings. The van der Waals surface area contributed by atoms with Crippen LogP contribution in [0.1, 0.15) is 47.7 Å². The number of rotatable bonds is 8. The molecule has 0 aliphatic rings. The molecule has 0 saturated carbocycles. The smallest absolute Gasteiger partial charge is 0.273 e. The van der Waals surface area contributed by atoms with Crippen LogP contribution < -0.4 is 20.9 Å². The number of anilines is 1. The van der Waals surface area contributed by atoms with Crippen LogP contribution in [0.3, 0.4) is 0 Å². The third-order valence-corrected chi connectivity index (χ3v) is 4.70. The van der Waals surface area contributed by atoms with Crippen LogP contribution in [-0.4, -0.2) is 24.3 Å². The van der Waals surface area contributed by atoms with E-state index in [1.807, 2.05) is 39.0 Å². The summed E-state index contributed by atoms with van der Waals surface area (Å²) in [6.07, 6.45) is 0.740. The Morgan fingerprint density at radius 3 is 2.43 bits per heavy atom. The topological polar surface area (TPSA) is 96.5 Å². The first kappa shape index (κ1) is 23.4. The maximum Gasteiger partial charge on any atom is 0.273 e. The second-order valence-corrected chi connectivity index (χ2v) is 7.77. The van der Waals surface area contributed by atoms with Gasteiger partial charge in [0.05, 0.1) is 12.2 Å². The van der Waals surface area contributed by atoms with Gasteiger partial charge in [0.2, 0.25) is 11.8 Å². The third kappa shape index (κ3) is 7.18. The lowest BCUT2D eigenvalue weighted by molar-refractivity contribution is -0.124. The van der Waals surface area contributed by atoms with E-state index in [0.29, 0.717) is 22.4 Å². The zero-order valence-electron chi connectivity index (χ0n) is 17.3. The van der Waals surface area contributed by atoms with Gasteiger partial charge in [-0.2, -0.15) is 0 Å². The number of halogens is 1. The molecule has 0 radical (unpaired) electrons. The van der Waals surface area contributed by atoms with E-state index in [1.165, 1.54) is 0 Å². The van der Waals surface area contributed by atoms with E-state index in [2.05, 4.69) is 32.1 Å². The molecule has 0 bridgehead atoms. The maximum absolute atomic E-state index is 12.4. The third-order valence-electron chi connectivity index (χ3n) is 4.21. The number of nitrogens with one attached hydrogen (secondary N) is 3. The first-order chi connectivity index (χ1) is 14.3. The van der Waals surface area contributed by atoms with E-state index < -0.39 is 11.8 Å². The number of amides is 3. The normalized spacial score (nSPS) is 10.3. The van der Waals surface area contributed by atoms with E-state index in [9.17, 15) is 14.4 Å². The van der Waals surface area contributed by atoms with Crippen molar-refractivity contribution in [3.63, 3.8) is 0 Å². The number of benzene rings is 2. The minimum absolute atomic E-state index is 0.00314. The van der Waals surface area contributed by atoms with Crippen LogP contribution in [0.5, 0.6) is 5.75 Å². The number of hydrogen-bond acceptors (Lipinski definition) is 4. The molecule has 0 fully saturated rings. The molecule has 0 spiro atoms. The molecule has 8 heteroatoms. The number of carbonyl (C=O) groups is 3. The lowest BCUT2D eigenvalue weighted by Crippen LogP contribution is -2.42. The molecule has 0 atom stereocenters. The fourth-order valence-corrected chi connectivity index (χ4v) is 2.95. The monoisotopic (exact) mass is 475 g/mol. The zero-order chi connectivity index (χ0) is 22.1. The van der Waals surface area contributed by atoms with Crippen LogP contribution in [0.2, 0.25) is 0 Å². The summed E-state index contributed by atoms with van der Waals surface area (Å²) in [5.41, 5.74) is 7.70. The Hall–Kier alpha value is -2.87. The van der Waals surface area contributed by atoms with E-state index in [0.717, 1.165) is 23.2 Å². The van der Waals surface area contributed by atoms with Crippen molar-refractivity contribution in [3.05, 3.63) is 57.6 Å². The molecule has 7 nitrogen and oxygen atoms in total. The molecule has 0 unspecified atom stereocenters. The zero-order valence-corrected chi connectivity index (χ0v) is 18.9. The average Bonchev–Trinajstić information content (AvgIpc) is 2.72. The largest absolute Gasteiger partial charge is 0.493 e. The van der Waals surface area contributed by atoms with Gasteiger partial charge in [0.1, 0.15) is 5.75 Å². The minimum atomic E-state index is -0.504. The van der Waals surface area contributed by atoms with Crippen LogP contribution in [-0.2, 0) is 9.59 Å². The van der Waals surface area contributed by atoms with Gasteiger partial charge in [0, 0.05) is 23.0 Å². The van der Waals surface area contributed by atoms with Crippen molar-refractivity contribution in [2.75, 3.05) is 11.9 Å². The average molecular weight is 476 g/mol. The molecule has 0 saturated heterocycles. The fraction of sp³-hybridized carbons (Fsp3) is 0.318. The SMILES string of the molecule is CCCOc1ccc(Br)cc1C(=O)NNC(=O)CCC(=O)Nc1cc(C)ccc1C. The molecule has 0 aliphatic carbocycles. The standard InChI is InChI=1S/C22H26BrN3O4/c1-4-11-30-19-8-7-16(23)13-17(19)22(29)26-25-21(28)10-9-20(27)24-18-12-14(2)5-6-15(18)3/h5-8,12-13H,4,9-11H2,1-3H3,(H,24,27)(H,25,28)(H,26,29). The van der Waals surface area contributed by atoms with Crippen molar-refractivity contribution in [1.82, 2.24) is 10.9 Å². The van der Waals surface area contributed by atoms with Crippen molar-refractivity contribution in [2.45, 2.75) is 40.0 Å². The molecular formula is C22H26BrN3O4. The van der Waals surface area contributed by atoms with Gasteiger partial charge in [-0.1, -0.05) is 35.0 Å². The molecule has 30 heavy (non-hydrogen) atoms. The number of hydrazine groups is 1. The summed E-state index contributed by atoms with van der Waals surface area (Å²) in [5.74, 6) is -0.812. The van der Waals surface area contributed by atoms with E-state index >= 15 is 0 Å². The number of ether oxygens (including phenoxy) is 1. The van der Waals surface area contributed by atoms with Crippen LogP contribution in [0.15, 0.2) is 40.9 Å². The number of carbonyl (C=O) groups excluding carboxylic acids is 3. The Morgan fingerprint density at radius 2 is 1.70 bits per heavy atom. The highest BCUT2D eigenvalue weighted by molar-refractivity contribution is 9.10. The molecule has 2 rings (SSSR count). The van der Waals surface area contributed by atoms with Crippen molar-refractivity contribution in [3.8, 4) is 5.75 Å². The van der Waals surface area contributed by atoms with Gasteiger partial charge in [0.15, 0.2) is 0 Å². The van der Waals surface area contributed by atoms with Gasteiger partial charge < -0.3 is 10.1 Å². The number of hydrogen-bond donors (Lipinski definition) is 3. The molecule has 2 aromatic carbocycles. The van der Waals surface area contributed by atoms with Gasteiger partial charge >= 0.3 is 0 Å². The first-order valence-corrected chi connectivity index (χ1v) is 10.5. The van der Waals surface area contributed by atoms with E-state index in [-0.39, 0.29) is 18.7 Å². The first-order valence-electron chi connectivity index (χ1n) is 9.68. The van der Waals surface area contributed by atoms with Gasteiger partial charge in [-0.3, -0.25) is 25.2 Å². The highest BCUT2D eigenvalue weighted by Gasteiger charge is 2.15. The highest BCUT2D eigenvalue weighted by atomic mass is 79.9. The lowest BCUT2D eigenvalue weighted by atomic mass is 10.1. The van der Waals surface area contributed by atoms with Crippen molar-refractivity contribution >= 4 is 39.3 Å². The number of aryl methyl sites for hydroxylation is 2. The van der Waals surface area contributed by atoms with Crippen LogP contribution in [0.25, 0.3) is 0 Å².